The van der Waals surface area contributed by atoms with Crippen LogP contribution in [0.3, 0.4) is 0 Å². The predicted molar refractivity (Wildman–Crippen MR) is 75.2 cm³/mol. The number of phenols is 1. The Kier molecular flexibility index (Phi) is 3.85. The van der Waals surface area contributed by atoms with Gasteiger partial charge < -0.3 is 15.0 Å². The minimum atomic E-state index is -0.232. The van der Waals surface area contributed by atoms with Crippen molar-refractivity contribution in [3.8, 4) is 5.75 Å². The van der Waals surface area contributed by atoms with Crippen molar-refractivity contribution >= 4 is 28.5 Å². The second kappa shape index (κ2) is 5.38. The number of amides is 1. The third-order valence-corrected chi connectivity index (χ3v) is 3.45. The van der Waals surface area contributed by atoms with Gasteiger partial charge in [0.25, 0.3) is 5.91 Å². The second-order valence-corrected chi connectivity index (χ2v) is 4.97. The predicted octanol–water partition coefficient (Wildman–Crippen LogP) is 1.66. The van der Waals surface area contributed by atoms with E-state index in [9.17, 15) is 9.90 Å². The highest BCUT2D eigenvalue weighted by Crippen LogP contribution is 2.20. The van der Waals surface area contributed by atoms with E-state index >= 15 is 0 Å². The number of halogens is 1. The standard InChI is InChI=1S/C12H12IN3O2/c1-16-5-4-14-11(16)7-15-12(18)8-2-3-9(13)10(17)6-8/h2-6,17H,7H2,1H3,(H,15,18). The quantitative estimate of drug-likeness (QED) is 0.822. The first-order valence-electron chi connectivity index (χ1n) is 5.31. The molecule has 0 aliphatic heterocycles. The van der Waals surface area contributed by atoms with Crippen molar-refractivity contribution in [2.24, 2.45) is 7.05 Å². The fourth-order valence-electron chi connectivity index (χ4n) is 1.48. The molecule has 1 amide bonds. The lowest BCUT2D eigenvalue weighted by Crippen LogP contribution is -2.24. The van der Waals surface area contributed by atoms with Crippen LogP contribution in [-0.4, -0.2) is 20.6 Å². The third-order valence-electron chi connectivity index (χ3n) is 2.54. The van der Waals surface area contributed by atoms with Crippen LogP contribution in [0.2, 0.25) is 0 Å². The molecule has 94 valence electrons. The highest BCUT2D eigenvalue weighted by molar-refractivity contribution is 14.1. The SMILES string of the molecule is Cn1ccnc1CNC(=O)c1ccc(I)c(O)c1. The molecule has 1 heterocycles. The fourth-order valence-corrected chi connectivity index (χ4v) is 1.82. The molecule has 2 N–H and O–H groups in total. The molecule has 0 saturated carbocycles. The average molecular weight is 357 g/mol. The van der Waals surface area contributed by atoms with Gasteiger partial charge in [-0.15, -0.1) is 0 Å². The van der Waals surface area contributed by atoms with Crippen molar-refractivity contribution in [2.45, 2.75) is 6.54 Å². The summed E-state index contributed by atoms with van der Waals surface area (Å²) in [5.74, 6) is 0.656. The van der Waals surface area contributed by atoms with E-state index in [1.807, 2.05) is 40.4 Å². The number of rotatable bonds is 3. The first-order chi connectivity index (χ1) is 8.58. The highest BCUT2D eigenvalue weighted by Gasteiger charge is 2.09. The lowest BCUT2D eigenvalue weighted by Gasteiger charge is -2.06. The fraction of sp³-hybridized carbons (Fsp3) is 0.167. The molecule has 2 rings (SSSR count). The van der Waals surface area contributed by atoms with Crippen molar-refractivity contribution in [3.63, 3.8) is 0 Å². The number of imidazole rings is 1. The van der Waals surface area contributed by atoms with E-state index in [-0.39, 0.29) is 11.7 Å². The van der Waals surface area contributed by atoms with E-state index in [0.717, 1.165) is 5.82 Å². The van der Waals surface area contributed by atoms with Gasteiger partial charge in [0.05, 0.1) is 10.1 Å². The monoisotopic (exact) mass is 357 g/mol. The summed E-state index contributed by atoms with van der Waals surface area (Å²) in [5, 5.41) is 12.3. The Bertz CT molecular complexity index is 580. The molecule has 18 heavy (non-hydrogen) atoms. The normalized spacial score (nSPS) is 10.3. The molecule has 2 aromatic rings. The molecule has 0 spiro atoms. The number of aromatic nitrogens is 2. The molecule has 5 nitrogen and oxygen atoms in total. The van der Waals surface area contributed by atoms with E-state index in [1.54, 1.807) is 18.3 Å². The Labute approximate surface area is 118 Å². The van der Waals surface area contributed by atoms with Gasteiger partial charge in [-0.3, -0.25) is 4.79 Å². The maximum atomic E-state index is 11.9. The molecular formula is C12H12IN3O2. The summed E-state index contributed by atoms with van der Waals surface area (Å²) < 4.78 is 2.55. The average Bonchev–Trinajstić information content (AvgIpc) is 2.75. The summed E-state index contributed by atoms with van der Waals surface area (Å²) in [6, 6.07) is 4.83. The lowest BCUT2D eigenvalue weighted by molar-refractivity contribution is 0.0949. The Morgan fingerprint density at radius 3 is 2.94 bits per heavy atom. The first-order valence-corrected chi connectivity index (χ1v) is 6.38. The van der Waals surface area contributed by atoms with Gasteiger partial charge in [-0.2, -0.15) is 0 Å². The van der Waals surface area contributed by atoms with E-state index in [4.69, 9.17) is 0 Å². The summed E-state index contributed by atoms with van der Waals surface area (Å²) >= 11 is 2.00. The Morgan fingerprint density at radius 2 is 2.33 bits per heavy atom. The van der Waals surface area contributed by atoms with Gasteiger partial charge in [-0.05, 0) is 40.8 Å². The largest absolute Gasteiger partial charge is 0.507 e. The van der Waals surface area contributed by atoms with Crippen molar-refractivity contribution in [2.75, 3.05) is 0 Å². The van der Waals surface area contributed by atoms with Gasteiger partial charge >= 0.3 is 0 Å². The maximum absolute atomic E-state index is 11.9. The molecular weight excluding hydrogens is 345 g/mol. The molecule has 0 saturated heterocycles. The lowest BCUT2D eigenvalue weighted by atomic mass is 10.2. The summed E-state index contributed by atoms with van der Waals surface area (Å²) in [7, 11) is 1.87. The minimum Gasteiger partial charge on any atom is -0.507 e. The number of benzene rings is 1. The Balaban J connectivity index is 2.04. The van der Waals surface area contributed by atoms with Crippen LogP contribution in [0.15, 0.2) is 30.6 Å². The first kappa shape index (κ1) is 12.9. The summed E-state index contributed by atoms with van der Waals surface area (Å²) in [6.45, 7) is 0.356. The number of carbonyl (C=O) groups excluding carboxylic acids is 1. The van der Waals surface area contributed by atoms with Crippen LogP contribution in [0, 0.1) is 3.57 Å². The third kappa shape index (κ3) is 2.81. The molecule has 0 radical (unpaired) electrons. The van der Waals surface area contributed by atoms with Crippen molar-refractivity contribution < 1.29 is 9.90 Å². The topological polar surface area (TPSA) is 67.2 Å². The molecule has 0 bridgehead atoms. The van der Waals surface area contributed by atoms with E-state index < -0.39 is 0 Å². The van der Waals surface area contributed by atoms with Gasteiger partial charge in [0, 0.05) is 25.0 Å². The number of phenolic OH excluding ortho intramolecular Hbond substituents is 1. The highest BCUT2D eigenvalue weighted by atomic mass is 127. The van der Waals surface area contributed by atoms with Crippen LogP contribution in [0.25, 0.3) is 0 Å². The molecule has 0 aliphatic rings. The number of aromatic hydroxyl groups is 1. The van der Waals surface area contributed by atoms with E-state index in [2.05, 4.69) is 10.3 Å². The molecule has 0 aliphatic carbocycles. The number of aryl methyl sites for hydroxylation is 1. The zero-order chi connectivity index (χ0) is 13.1. The van der Waals surface area contributed by atoms with Gasteiger partial charge in [0.1, 0.15) is 11.6 Å². The molecule has 1 aromatic heterocycles. The van der Waals surface area contributed by atoms with Crippen LogP contribution in [0.4, 0.5) is 0 Å². The number of hydrogen-bond donors (Lipinski definition) is 2. The Morgan fingerprint density at radius 1 is 1.56 bits per heavy atom. The zero-order valence-corrected chi connectivity index (χ0v) is 11.9. The van der Waals surface area contributed by atoms with Crippen LogP contribution in [0.1, 0.15) is 16.2 Å². The van der Waals surface area contributed by atoms with Crippen molar-refractivity contribution in [3.05, 3.63) is 45.6 Å². The summed E-state index contributed by atoms with van der Waals surface area (Å²) in [5.41, 5.74) is 0.433. The maximum Gasteiger partial charge on any atom is 0.251 e. The Hall–Kier alpha value is -1.57. The van der Waals surface area contributed by atoms with Crippen LogP contribution >= 0.6 is 22.6 Å². The number of nitrogens with one attached hydrogen (secondary N) is 1. The number of nitrogens with zero attached hydrogens (tertiary/aromatic N) is 2. The molecule has 0 unspecified atom stereocenters. The van der Waals surface area contributed by atoms with Gasteiger partial charge in [-0.1, -0.05) is 0 Å². The smallest absolute Gasteiger partial charge is 0.251 e. The summed E-state index contributed by atoms with van der Waals surface area (Å²) in [4.78, 5) is 16.0. The summed E-state index contributed by atoms with van der Waals surface area (Å²) in [6.07, 6.45) is 3.50. The number of carbonyl (C=O) groups is 1. The molecule has 1 aromatic carbocycles. The van der Waals surface area contributed by atoms with Gasteiger partial charge in [-0.25, -0.2) is 4.98 Å². The van der Waals surface area contributed by atoms with Gasteiger partial charge in [0.2, 0.25) is 0 Å². The van der Waals surface area contributed by atoms with Crippen LogP contribution in [-0.2, 0) is 13.6 Å². The minimum absolute atomic E-state index is 0.111. The molecule has 0 atom stereocenters. The molecule has 0 fully saturated rings. The van der Waals surface area contributed by atoms with E-state index in [1.165, 1.54) is 6.07 Å². The number of hydrogen-bond acceptors (Lipinski definition) is 3. The second-order valence-electron chi connectivity index (χ2n) is 3.80. The zero-order valence-electron chi connectivity index (χ0n) is 9.72. The van der Waals surface area contributed by atoms with Gasteiger partial charge in [0.15, 0.2) is 0 Å². The van der Waals surface area contributed by atoms with Crippen molar-refractivity contribution in [1.82, 2.24) is 14.9 Å². The van der Waals surface area contributed by atoms with E-state index in [0.29, 0.717) is 15.7 Å². The molecule has 6 heteroatoms. The van der Waals surface area contributed by atoms with Crippen LogP contribution in [0.5, 0.6) is 5.75 Å². The van der Waals surface area contributed by atoms with Crippen LogP contribution < -0.4 is 5.32 Å². The van der Waals surface area contributed by atoms with Crippen molar-refractivity contribution in [1.29, 1.82) is 0 Å².